The molecular formula is C9H10N2O2S. The molecule has 0 saturated heterocycles. The molecule has 0 aliphatic carbocycles. The van der Waals surface area contributed by atoms with Crippen molar-refractivity contribution in [2.75, 3.05) is 6.54 Å². The van der Waals surface area contributed by atoms with Gasteiger partial charge in [-0.05, 0) is 12.1 Å². The molecule has 0 bridgehead atoms. The summed E-state index contributed by atoms with van der Waals surface area (Å²) in [5.74, 6) is -0.804. The zero-order valence-electron chi connectivity index (χ0n) is 7.49. The number of carboxylic acid groups (broad SMARTS) is 1. The van der Waals surface area contributed by atoms with E-state index in [2.05, 4.69) is 11.4 Å². The van der Waals surface area contributed by atoms with E-state index in [0.29, 0.717) is 18.0 Å². The Labute approximate surface area is 85.8 Å². The van der Waals surface area contributed by atoms with Crippen LogP contribution in [0.25, 0.3) is 0 Å². The molecule has 0 unspecified atom stereocenters. The summed E-state index contributed by atoms with van der Waals surface area (Å²) >= 11 is 1.42. The molecule has 0 aromatic carbocycles. The molecule has 1 heterocycles. The van der Waals surface area contributed by atoms with Crippen molar-refractivity contribution in [1.29, 1.82) is 5.26 Å². The first-order valence-electron chi connectivity index (χ1n) is 4.13. The van der Waals surface area contributed by atoms with E-state index >= 15 is 0 Å². The lowest BCUT2D eigenvalue weighted by Crippen LogP contribution is -2.16. The predicted octanol–water partition coefficient (Wildman–Crippen LogP) is 1.18. The maximum Gasteiger partial charge on any atom is 0.304 e. The highest BCUT2D eigenvalue weighted by Crippen LogP contribution is 2.14. The summed E-state index contributed by atoms with van der Waals surface area (Å²) in [5.41, 5.74) is 0. The Kier molecular flexibility index (Phi) is 4.11. The fourth-order valence-electron chi connectivity index (χ4n) is 0.940. The molecule has 1 aromatic heterocycles. The quantitative estimate of drug-likeness (QED) is 0.716. The largest absolute Gasteiger partial charge is 0.481 e. The zero-order valence-corrected chi connectivity index (χ0v) is 8.30. The Balaban J connectivity index is 2.25. The van der Waals surface area contributed by atoms with Crippen molar-refractivity contribution in [3.63, 3.8) is 0 Å². The molecule has 4 nitrogen and oxygen atoms in total. The lowest BCUT2D eigenvalue weighted by atomic mass is 10.4. The molecule has 0 fully saturated rings. The summed E-state index contributed by atoms with van der Waals surface area (Å²) in [6.07, 6.45) is 0.122. The van der Waals surface area contributed by atoms with Crippen molar-refractivity contribution < 1.29 is 9.90 Å². The number of hydrogen-bond donors (Lipinski definition) is 2. The highest BCUT2D eigenvalue weighted by molar-refractivity contribution is 7.12. The maximum atomic E-state index is 10.2. The van der Waals surface area contributed by atoms with E-state index in [4.69, 9.17) is 10.4 Å². The minimum Gasteiger partial charge on any atom is -0.481 e. The second-order valence-corrected chi connectivity index (χ2v) is 3.87. The summed E-state index contributed by atoms with van der Waals surface area (Å²) in [4.78, 5) is 11.9. The number of nitriles is 1. The molecule has 0 spiro atoms. The van der Waals surface area contributed by atoms with Gasteiger partial charge in [0.1, 0.15) is 10.9 Å². The van der Waals surface area contributed by atoms with E-state index in [1.807, 2.05) is 6.07 Å². The number of nitrogens with one attached hydrogen (secondary N) is 1. The molecule has 14 heavy (non-hydrogen) atoms. The van der Waals surface area contributed by atoms with Gasteiger partial charge in [0.05, 0.1) is 6.42 Å². The van der Waals surface area contributed by atoms with Gasteiger partial charge in [-0.25, -0.2) is 0 Å². The van der Waals surface area contributed by atoms with Gasteiger partial charge in [0.15, 0.2) is 0 Å². The van der Waals surface area contributed by atoms with Crippen LogP contribution in [-0.4, -0.2) is 17.6 Å². The Bertz CT molecular complexity index is 354. The van der Waals surface area contributed by atoms with Crippen molar-refractivity contribution in [3.8, 4) is 6.07 Å². The first-order chi connectivity index (χ1) is 6.72. The molecule has 2 N–H and O–H groups in total. The van der Waals surface area contributed by atoms with Gasteiger partial charge in [-0.1, -0.05) is 0 Å². The zero-order chi connectivity index (χ0) is 10.4. The van der Waals surface area contributed by atoms with E-state index in [1.54, 1.807) is 6.07 Å². The fraction of sp³-hybridized carbons (Fsp3) is 0.333. The summed E-state index contributed by atoms with van der Waals surface area (Å²) in [7, 11) is 0. The normalized spacial score (nSPS) is 9.64. The summed E-state index contributed by atoms with van der Waals surface area (Å²) < 4.78 is 0. The third-order valence-corrected chi connectivity index (χ3v) is 2.58. The molecule has 0 saturated carbocycles. The number of nitrogens with zero attached hydrogens (tertiary/aromatic N) is 1. The highest BCUT2D eigenvalue weighted by Gasteiger charge is 1.99. The van der Waals surface area contributed by atoms with Crippen LogP contribution in [0.2, 0.25) is 0 Å². The molecule has 5 heteroatoms. The standard InChI is InChI=1S/C9H10N2O2S/c10-5-7-1-2-8(14-7)6-11-4-3-9(12)13/h1-2,11H,3-4,6H2,(H,12,13). The van der Waals surface area contributed by atoms with E-state index < -0.39 is 5.97 Å². The average Bonchev–Trinajstić information content (AvgIpc) is 2.60. The molecule has 0 atom stereocenters. The molecule has 0 aliphatic rings. The monoisotopic (exact) mass is 210 g/mol. The molecule has 0 aliphatic heterocycles. The van der Waals surface area contributed by atoms with Gasteiger partial charge in [0.25, 0.3) is 0 Å². The first-order valence-corrected chi connectivity index (χ1v) is 4.95. The summed E-state index contributed by atoms with van der Waals surface area (Å²) in [6, 6.07) is 5.69. The van der Waals surface area contributed by atoms with Crippen molar-refractivity contribution in [2.24, 2.45) is 0 Å². The van der Waals surface area contributed by atoms with E-state index in [9.17, 15) is 4.79 Å². The highest BCUT2D eigenvalue weighted by atomic mass is 32.1. The van der Waals surface area contributed by atoms with Crippen LogP contribution in [0.15, 0.2) is 12.1 Å². The number of thiophene rings is 1. The van der Waals surface area contributed by atoms with Crippen LogP contribution in [0.1, 0.15) is 16.2 Å². The Morgan fingerprint density at radius 1 is 1.64 bits per heavy atom. The smallest absolute Gasteiger partial charge is 0.304 e. The average molecular weight is 210 g/mol. The predicted molar refractivity (Wildman–Crippen MR) is 53.0 cm³/mol. The lowest BCUT2D eigenvalue weighted by molar-refractivity contribution is -0.136. The Morgan fingerprint density at radius 3 is 3.00 bits per heavy atom. The van der Waals surface area contributed by atoms with Gasteiger partial charge in [-0.3, -0.25) is 4.79 Å². The molecular weight excluding hydrogens is 200 g/mol. The Morgan fingerprint density at radius 2 is 2.43 bits per heavy atom. The van der Waals surface area contributed by atoms with Crippen LogP contribution in [0.5, 0.6) is 0 Å². The Hall–Kier alpha value is -1.38. The van der Waals surface area contributed by atoms with Crippen molar-refractivity contribution in [1.82, 2.24) is 5.32 Å². The molecule has 1 rings (SSSR count). The van der Waals surface area contributed by atoms with Crippen molar-refractivity contribution >= 4 is 17.3 Å². The van der Waals surface area contributed by atoms with Crippen LogP contribution in [0, 0.1) is 11.3 Å². The van der Waals surface area contributed by atoms with Crippen LogP contribution in [-0.2, 0) is 11.3 Å². The van der Waals surface area contributed by atoms with Gasteiger partial charge >= 0.3 is 5.97 Å². The SMILES string of the molecule is N#Cc1ccc(CNCCC(=O)O)s1. The van der Waals surface area contributed by atoms with Gasteiger partial charge in [0, 0.05) is 18.0 Å². The third-order valence-electron chi connectivity index (χ3n) is 1.59. The van der Waals surface area contributed by atoms with Gasteiger partial charge in [0.2, 0.25) is 0 Å². The van der Waals surface area contributed by atoms with E-state index in [0.717, 1.165) is 4.88 Å². The summed E-state index contributed by atoms with van der Waals surface area (Å²) in [5, 5.41) is 19.9. The fourth-order valence-corrected chi connectivity index (χ4v) is 1.71. The van der Waals surface area contributed by atoms with Crippen LogP contribution < -0.4 is 5.32 Å². The minimum absolute atomic E-state index is 0.122. The van der Waals surface area contributed by atoms with Gasteiger partial charge in [-0.2, -0.15) is 5.26 Å². The number of hydrogen-bond acceptors (Lipinski definition) is 4. The van der Waals surface area contributed by atoms with E-state index in [-0.39, 0.29) is 6.42 Å². The van der Waals surface area contributed by atoms with Crippen molar-refractivity contribution in [3.05, 3.63) is 21.9 Å². The van der Waals surface area contributed by atoms with E-state index in [1.165, 1.54) is 11.3 Å². The number of carboxylic acids is 1. The first kappa shape index (κ1) is 10.7. The van der Waals surface area contributed by atoms with Crippen LogP contribution in [0.3, 0.4) is 0 Å². The van der Waals surface area contributed by atoms with Crippen LogP contribution >= 0.6 is 11.3 Å². The molecule has 0 radical (unpaired) electrons. The van der Waals surface area contributed by atoms with Crippen molar-refractivity contribution in [2.45, 2.75) is 13.0 Å². The maximum absolute atomic E-state index is 10.2. The second kappa shape index (κ2) is 5.37. The minimum atomic E-state index is -0.804. The van der Waals surface area contributed by atoms with Gasteiger partial charge < -0.3 is 10.4 Å². The number of aliphatic carboxylic acids is 1. The van der Waals surface area contributed by atoms with Crippen LogP contribution in [0.4, 0.5) is 0 Å². The number of rotatable bonds is 5. The molecule has 1 aromatic rings. The molecule has 0 amide bonds. The topological polar surface area (TPSA) is 73.1 Å². The third kappa shape index (κ3) is 3.56. The lowest BCUT2D eigenvalue weighted by Gasteiger charge is -1.98. The second-order valence-electron chi connectivity index (χ2n) is 2.70. The molecule has 74 valence electrons. The van der Waals surface area contributed by atoms with Gasteiger partial charge in [-0.15, -0.1) is 11.3 Å². The summed E-state index contributed by atoms with van der Waals surface area (Å²) in [6.45, 7) is 1.08. The number of carbonyl (C=O) groups is 1.